The summed E-state index contributed by atoms with van der Waals surface area (Å²) in [7, 11) is -3.57. The van der Waals surface area contributed by atoms with Crippen molar-refractivity contribution in [1.82, 2.24) is 4.72 Å². The predicted molar refractivity (Wildman–Crippen MR) is 175 cm³/mol. The van der Waals surface area contributed by atoms with E-state index in [4.69, 9.17) is 43.6 Å². The third kappa shape index (κ3) is 18.1. The average molecular weight is 717 g/mol. The molecule has 3 N–H and O–H groups in total. The number of hydrogen-bond donors (Lipinski definition) is 2. The van der Waals surface area contributed by atoms with Gasteiger partial charge in [-0.05, 0) is 58.3 Å². The Morgan fingerprint density at radius 2 is 1.23 bits per heavy atom. The number of ether oxygens (including phenoxy) is 8. The SMILES string of the molecule is CCOC(=O)/C(C)=C/C1CC(F)C(OC2CCC(S(=O)(=O)NCCOCCOCCOCCOCCOCCOCCN)CC2)C(F)C1. The van der Waals surface area contributed by atoms with Crippen molar-refractivity contribution in [2.75, 3.05) is 99.0 Å². The number of sulfonamides is 1. The van der Waals surface area contributed by atoms with Gasteiger partial charge < -0.3 is 43.6 Å². The Kier molecular flexibility index (Phi) is 22.8. The number of nitrogens with one attached hydrogen (secondary N) is 1. The molecule has 282 valence electrons. The highest BCUT2D eigenvalue weighted by molar-refractivity contribution is 7.90. The summed E-state index contributed by atoms with van der Waals surface area (Å²) >= 11 is 0. The van der Waals surface area contributed by atoms with Crippen LogP contribution >= 0.6 is 0 Å². The minimum atomic E-state index is -3.57. The van der Waals surface area contributed by atoms with Crippen molar-refractivity contribution in [1.29, 1.82) is 0 Å². The van der Waals surface area contributed by atoms with Gasteiger partial charge in [-0.1, -0.05) is 6.08 Å². The number of halogens is 2. The summed E-state index contributed by atoms with van der Waals surface area (Å²) in [6.07, 6.45) is -1.47. The standard InChI is InChI=1S/C32H58F2N2O11S/c1-3-46-32(37)25(2)22-26-23-29(33)31(30(34)24-26)47-27-4-6-28(7-5-27)48(38,39)36-9-11-41-13-15-43-17-19-45-21-20-44-18-16-42-14-12-40-10-8-35/h22,26-31,36H,3-21,23-24,35H2,1-2H3/b25-22+. The number of alkyl halides is 2. The quantitative estimate of drug-likeness (QED) is 0.0726. The summed E-state index contributed by atoms with van der Waals surface area (Å²) in [5.41, 5.74) is 5.66. The minimum Gasteiger partial charge on any atom is -0.463 e. The zero-order chi connectivity index (χ0) is 35.0. The number of nitrogens with two attached hydrogens (primary N) is 1. The number of carbonyl (C=O) groups is 1. The van der Waals surface area contributed by atoms with Crippen LogP contribution < -0.4 is 10.5 Å². The number of hydrogen-bond acceptors (Lipinski definition) is 12. The first-order valence-corrected chi connectivity index (χ1v) is 18.7. The number of esters is 1. The largest absolute Gasteiger partial charge is 0.463 e. The molecule has 2 fully saturated rings. The van der Waals surface area contributed by atoms with Crippen molar-refractivity contribution >= 4 is 16.0 Å². The van der Waals surface area contributed by atoms with Crippen LogP contribution in [0.15, 0.2) is 11.6 Å². The topological polar surface area (TPSA) is 163 Å². The summed E-state index contributed by atoms with van der Waals surface area (Å²) in [6, 6.07) is 0. The van der Waals surface area contributed by atoms with Crippen LogP contribution in [-0.4, -0.2) is 143 Å². The number of carbonyl (C=O) groups excluding carboxylic acids is 1. The lowest BCUT2D eigenvalue weighted by atomic mass is 9.83. The van der Waals surface area contributed by atoms with E-state index in [1.165, 1.54) is 0 Å². The number of allylic oxidation sites excluding steroid dienone is 1. The molecule has 13 nitrogen and oxygen atoms in total. The lowest BCUT2D eigenvalue weighted by Gasteiger charge is -2.37. The van der Waals surface area contributed by atoms with E-state index in [1.54, 1.807) is 19.9 Å². The van der Waals surface area contributed by atoms with Crippen LogP contribution in [0.25, 0.3) is 0 Å². The summed E-state index contributed by atoms with van der Waals surface area (Å²) in [5, 5.41) is -0.597. The summed E-state index contributed by atoms with van der Waals surface area (Å²) in [6.45, 7) is 9.26. The van der Waals surface area contributed by atoms with E-state index in [9.17, 15) is 22.0 Å². The second-order valence-corrected chi connectivity index (χ2v) is 13.8. The van der Waals surface area contributed by atoms with E-state index >= 15 is 0 Å². The van der Waals surface area contributed by atoms with Gasteiger partial charge in [0.2, 0.25) is 10.0 Å². The van der Waals surface area contributed by atoms with E-state index in [2.05, 4.69) is 4.72 Å². The van der Waals surface area contributed by atoms with Crippen LogP contribution in [0.4, 0.5) is 8.78 Å². The molecule has 0 aromatic carbocycles. The molecule has 2 aliphatic carbocycles. The highest BCUT2D eigenvalue weighted by atomic mass is 32.2. The van der Waals surface area contributed by atoms with Crippen LogP contribution in [0, 0.1) is 5.92 Å². The van der Waals surface area contributed by atoms with E-state index in [0.29, 0.717) is 110 Å². The second-order valence-electron chi connectivity index (χ2n) is 11.7. The molecule has 2 aliphatic rings. The second kappa shape index (κ2) is 25.6. The average Bonchev–Trinajstić information content (AvgIpc) is 3.06. The van der Waals surface area contributed by atoms with E-state index in [1.807, 2.05) is 0 Å². The maximum Gasteiger partial charge on any atom is 0.333 e. The van der Waals surface area contributed by atoms with Gasteiger partial charge in [0.1, 0.15) is 18.4 Å². The van der Waals surface area contributed by atoms with Crippen molar-refractivity contribution < 1.29 is 59.9 Å². The van der Waals surface area contributed by atoms with Crippen LogP contribution in [0.2, 0.25) is 0 Å². The van der Waals surface area contributed by atoms with Gasteiger partial charge in [0.15, 0.2) is 0 Å². The first-order chi connectivity index (χ1) is 23.2. The molecular formula is C32H58F2N2O11S. The monoisotopic (exact) mass is 716 g/mol. The fraction of sp³-hybridized carbons (Fsp3) is 0.906. The van der Waals surface area contributed by atoms with E-state index in [0.717, 1.165) is 0 Å². The third-order valence-electron chi connectivity index (χ3n) is 7.93. The highest BCUT2D eigenvalue weighted by Gasteiger charge is 2.41. The molecule has 48 heavy (non-hydrogen) atoms. The van der Waals surface area contributed by atoms with Crippen LogP contribution in [0.1, 0.15) is 52.4 Å². The van der Waals surface area contributed by atoms with Crippen LogP contribution in [0.5, 0.6) is 0 Å². The predicted octanol–water partition coefficient (Wildman–Crippen LogP) is 2.26. The molecule has 0 heterocycles. The lowest BCUT2D eigenvalue weighted by Crippen LogP contribution is -2.45. The molecule has 0 aliphatic heterocycles. The van der Waals surface area contributed by atoms with Crippen LogP contribution in [-0.2, 0) is 52.7 Å². The molecular weight excluding hydrogens is 658 g/mol. The van der Waals surface area contributed by atoms with Crippen molar-refractivity contribution in [3.63, 3.8) is 0 Å². The lowest BCUT2D eigenvalue weighted by molar-refractivity contribution is -0.138. The first-order valence-electron chi connectivity index (χ1n) is 17.1. The summed E-state index contributed by atoms with van der Waals surface area (Å²) < 4.78 is 101. The maximum absolute atomic E-state index is 14.9. The normalized spacial score (nSPS) is 25.3. The fourth-order valence-corrected chi connectivity index (χ4v) is 7.00. The maximum atomic E-state index is 14.9. The van der Waals surface area contributed by atoms with Crippen molar-refractivity contribution in [3.8, 4) is 0 Å². The Balaban J connectivity index is 1.46. The molecule has 2 saturated carbocycles. The molecule has 0 spiro atoms. The zero-order valence-corrected chi connectivity index (χ0v) is 29.4. The van der Waals surface area contributed by atoms with Crippen molar-refractivity contribution in [3.05, 3.63) is 11.6 Å². The van der Waals surface area contributed by atoms with Gasteiger partial charge in [0.25, 0.3) is 0 Å². The molecule has 0 aromatic heterocycles. The van der Waals surface area contributed by atoms with Gasteiger partial charge in [-0.3, -0.25) is 0 Å². The first kappa shape index (κ1) is 42.8. The Hall–Kier alpha value is -1.34. The molecule has 0 saturated heterocycles. The van der Waals surface area contributed by atoms with Crippen LogP contribution in [0.3, 0.4) is 0 Å². The minimum absolute atomic E-state index is 0.0551. The van der Waals surface area contributed by atoms with Crippen molar-refractivity contribution in [2.24, 2.45) is 11.7 Å². The highest BCUT2D eigenvalue weighted by Crippen LogP contribution is 2.35. The molecule has 0 bridgehead atoms. The van der Waals surface area contributed by atoms with Gasteiger partial charge in [-0.15, -0.1) is 0 Å². The van der Waals surface area contributed by atoms with Gasteiger partial charge in [-0.2, -0.15) is 0 Å². The summed E-state index contributed by atoms with van der Waals surface area (Å²) in [4.78, 5) is 11.8. The molecule has 2 rings (SSSR count). The fourth-order valence-electron chi connectivity index (χ4n) is 5.50. The van der Waals surface area contributed by atoms with E-state index in [-0.39, 0.29) is 32.6 Å². The van der Waals surface area contributed by atoms with Gasteiger partial charge >= 0.3 is 5.97 Å². The molecule has 2 atom stereocenters. The molecule has 0 aromatic rings. The molecule has 16 heteroatoms. The summed E-state index contributed by atoms with van der Waals surface area (Å²) in [5.74, 6) is -0.911. The number of rotatable bonds is 27. The van der Waals surface area contributed by atoms with Crippen molar-refractivity contribution in [2.45, 2.75) is 82.2 Å². The Labute approximate surface area is 284 Å². The Morgan fingerprint density at radius 1 is 0.771 bits per heavy atom. The van der Waals surface area contributed by atoms with Gasteiger partial charge in [0, 0.05) is 18.7 Å². The third-order valence-corrected chi connectivity index (χ3v) is 9.89. The van der Waals surface area contributed by atoms with Gasteiger partial charge in [0.05, 0.1) is 97.2 Å². The molecule has 0 amide bonds. The van der Waals surface area contributed by atoms with Gasteiger partial charge in [-0.25, -0.2) is 26.7 Å². The smallest absolute Gasteiger partial charge is 0.333 e. The Bertz CT molecular complexity index is 975. The van der Waals surface area contributed by atoms with E-state index < -0.39 is 51.7 Å². The molecule has 2 unspecified atom stereocenters. The Morgan fingerprint density at radius 3 is 1.69 bits per heavy atom. The molecule has 0 radical (unpaired) electrons. The zero-order valence-electron chi connectivity index (χ0n) is 28.6.